The van der Waals surface area contributed by atoms with E-state index in [1.165, 1.54) is 18.1 Å². The molecule has 1 unspecified atom stereocenters. The quantitative estimate of drug-likeness (QED) is 0.678. The van der Waals surface area contributed by atoms with E-state index >= 15 is 0 Å². The molecule has 0 saturated carbocycles. The maximum Gasteiger partial charge on any atom is 0.131 e. The lowest BCUT2D eigenvalue weighted by Gasteiger charge is -2.16. The standard InChI is InChI=1S/C16H18ClFOS/c1-16(2,3)13-9-8-12(20-13)15(17)14-10(18)6-5-7-11(14)19-4/h5-9,15H,1-4H3. The van der Waals surface area contributed by atoms with E-state index in [1.807, 2.05) is 6.07 Å². The SMILES string of the molecule is COc1cccc(F)c1C(Cl)c1ccc(C(C)(C)C)s1. The first-order valence-electron chi connectivity index (χ1n) is 6.41. The highest BCUT2D eigenvalue weighted by molar-refractivity contribution is 7.12. The van der Waals surface area contributed by atoms with Gasteiger partial charge in [-0.15, -0.1) is 22.9 Å². The van der Waals surface area contributed by atoms with Gasteiger partial charge in [-0.3, -0.25) is 0 Å². The van der Waals surface area contributed by atoms with Crippen LogP contribution in [0, 0.1) is 5.82 Å². The van der Waals surface area contributed by atoms with E-state index < -0.39 is 5.38 Å². The summed E-state index contributed by atoms with van der Waals surface area (Å²) < 4.78 is 19.3. The van der Waals surface area contributed by atoms with Crippen LogP contribution >= 0.6 is 22.9 Å². The lowest BCUT2D eigenvalue weighted by molar-refractivity contribution is 0.405. The Balaban J connectivity index is 2.42. The Morgan fingerprint density at radius 3 is 2.45 bits per heavy atom. The van der Waals surface area contributed by atoms with Gasteiger partial charge in [-0.25, -0.2) is 4.39 Å². The molecule has 0 saturated heterocycles. The summed E-state index contributed by atoms with van der Waals surface area (Å²) in [6, 6.07) is 8.78. The van der Waals surface area contributed by atoms with Crippen molar-refractivity contribution in [2.75, 3.05) is 7.11 Å². The highest BCUT2D eigenvalue weighted by Gasteiger charge is 2.24. The van der Waals surface area contributed by atoms with E-state index in [4.69, 9.17) is 16.3 Å². The van der Waals surface area contributed by atoms with Crippen LogP contribution in [0.2, 0.25) is 0 Å². The number of rotatable bonds is 3. The van der Waals surface area contributed by atoms with Crippen LogP contribution in [0.15, 0.2) is 30.3 Å². The Morgan fingerprint density at radius 2 is 1.90 bits per heavy atom. The second-order valence-corrected chi connectivity index (χ2v) is 7.22. The van der Waals surface area contributed by atoms with Crippen LogP contribution in [0.4, 0.5) is 4.39 Å². The minimum absolute atomic E-state index is 0.0683. The highest BCUT2D eigenvalue weighted by Crippen LogP contribution is 2.41. The molecule has 0 aliphatic rings. The molecule has 1 nitrogen and oxygen atoms in total. The molecule has 0 radical (unpaired) electrons. The van der Waals surface area contributed by atoms with Crippen molar-refractivity contribution >= 4 is 22.9 Å². The first kappa shape index (κ1) is 15.3. The van der Waals surface area contributed by atoms with Crippen LogP contribution < -0.4 is 4.74 Å². The lowest BCUT2D eigenvalue weighted by Crippen LogP contribution is -2.07. The predicted molar refractivity (Wildman–Crippen MR) is 83.7 cm³/mol. The van der Waals surface area contributed by atoms with E-state index in [-0.39, 0.29) is 11.2 Å². The van der Waals surface area contributed by atoms with Crippen LogP contribution in [-0.4, -0.2) is 7.11 Å². The number of hydrogen-bond donors (Lipinski definition) is 0. The van der Waals surface area contributed by atoms with E-state index in [2.05, 4.69) is 26.8 Å². The fraction of sp³-hybridized carbons (Fsp3) is 0.375. The van der Waals surface area contributed by atoms with Gasteiger partial charge in [-0.05, 0) is 29.7 Å². The summed E-state index contributed by atoms with van der Waals surface area (Å²) in [6.07, 6.45) is 0. The van der Waals surface area contributed by atoms with Crippen molar-refractivity contribution in [3.8, 4) is 5.75 Å². The zero-order valence-corrected chi connectivity index (χ0v) is 13.6. The number of thiophene rings is 1. The maximum atomic E-state index is 14.1. The smallest absolute Gasteiger partial charge is 0.131 e. The van der Waals surface area contributed by atoms with Gasteiger partial charge in [-0.1, -0.05) is 26.8 Å². The topological polar surface area (TPSA) is 9.23 Å². The van der Waals surface area contributed by atoms with Gasteiger partial charge in [0.05, 0.1) is 18.1 Å². The van der Waals surface area contributed by atoms with Crippen molar-refractivity contribution in [1.29, 1.82) is 0 Å². The molecule has 4 heteroatoms. The van der Waals surface area contributed by atoms with Gasteiger partial charge in [0.15, 0.2) is 0 Å². The zero-order chi connectivity index (χ0) is 14.9. The number of alkyl halides is 1. The fourth-order valence-electron chi connectivity index (χ4n) is 1.98. The van der Waals surface area contributed by atoms with Crippen molar-refractivity contribution in [1.82, 2.24) is 0 Å². The molecule has 0 bridgehead atoms. The Morgan fingerprint density at radius 1 is 1.20 bits per heavy atom. The second-order valence-electron chi connectivity index (χ2n) is 5.67. The molecular weight excluding hydrogens is 295 g/mol. The zero-order valence-electron chi connectivity index (χ0n) is 12.0. The maximum absolute atomic E-state index is 14.1. The van der Waals surface area contributed by atoms with E-state index in [0.29, 0.717) is 11.3 Å². The number of methoxy groups -OCH3 is 1. The van der Waals surface area contributed by atoms with Crippen molar-refractivity contribution in [2.45, 2.75) is 31.6 Å². The summed E-state index contributed by atoms with van der Waals surface area (Å²) in [4.78, 5) is 2.16. The first-order chi connectivity index (χ1) is 9.34. The number of hydrogen-bond acceptors (Lipinski definition) is 2. The van der Waals surface area contributed by atoms with Crippen LogP contribution in [-0.2, 0) is 5.41 Å². The highest BCUT2D eigenvalue weighted by atomic mass is 35.5. The minimum atomic E-state index is -0.535. The largest absolute Gasteiger partial charge is 0.496 e. The summed E-state index contributed by atoms with van der Waals surface area (Å²) in [7, 11) is 1.52. The van der Waals surface area contributed by atoms with Crippen molar-refractivity contribution in [2.24, 2.45) is 0 Å². The average molecular weight is 313 g/mol. The first-order valence-corrected chi connectivity index (χ1v) is 7.66. The molecule has 1 aromatic heterocycles. The molecule has 20 heavy (non-hydrogen) atoms. The van der Waals surface area contributed by atoms with Gasteiger partial charge in [0, 0.05) is 9.75 Å². The van der Waals surface area contributed by atoms with Crippen molar-refractivity contribution in [3.63, 3.8) is 0 Å². The monoisotopic (exact) mass is 312 g/mol. The molecule has 0 N–H and O–H groups in total. The molecule has 1 atom stereocenters. The molecule has 0 aliphatic carbocycles. The Kier molecular flexibility index (Phi) is 4.40. The van der Waals surface area contributed by atoms with Gasteiger partial charge >= 0.3 is 0 Å². The van der Waals surface area contributed by atoms with Crippen LogP contribution in [0.3, 0.4) is 0 Å². The molecular formula is C16H18ClFOS. The normalized spacial score (nSPS) is 13.3. The molecule has 2 aromatic rings. The van der Waals surface area contributed by atoms with Gasteiger partial charge < -0.3 is 4.74 Å². The van der Waals surface area contributed by atoms with E-state index in [1.54, 1.807) is 23.5 Å². The summed E-state index contributed by atoms with van der Waals surface area (Å²) in [5.41, 5.74) is 0.470. The average Bonchev–Trinajstić information content (AvgIpc) is 2.87. The van der Waals surface area contributed by atoms with Gasteiger partial charge in [-0.2, -0.15) is 0 Å². The van der Waals surface area contributed by atoms with Gasteiger partial charge in [0.1, 0.15) is 11.6 Å². The summed E-state index contributed by atoms with van der Waals surface area (Å²) >= 11 is 8.09. The molecule has 1 heterocycles. The third-order valence-electron chi connectivity index (χ3n) is 3.10. The third-order valence-corrected chi connectivity index (χ3v) is 5.26. The number of benzene rings is 1. The second kappa shape index (κ2) is 5.74. The van der Waals surface area contributed by atoms with Gasteiger partial charge in [0.2, 0.25) is 0 Å². The lowest BCUT2D eigenvalue weighted by atomic mass is 9.95. The number of halogens is 2. The Bertz CT molecular complexity index is 601. The molecule has 0 fully saturated rings. The number of ether oxygens (including phenoxy) is 1. The fourth-order valence-corrected chi connectivity index (χ4v) is 3.45. The Labute approximate surface area is 128 Å². The molecule has 2 rings (SSSR count). The summed E-state index contributed by atoms with van der Waals surface area (Å²) in [5.74, 6) is 0.144. The third kappa shape index (κ3) is 2.99. The molecule has 0 amide bonds. The summed E-state index contributed by atoms with van der Waals surface area (Å²) in [5, 5.41) is -0.535. The summed E-state index contributed by atoms with van der Waals surface area (Å²) in [6.45, 7) is 6.45. The molecule has 1 aromatic carbocycles. The predicted octanol–water partition coefficient (Wildman–Crippen LogP) is 5.52. The van der Waals surface area contributed by atoms with E-state index in [0.717, 1.165) is 4.88 Å². The van der Waals surface area contributed by atoms with E-state index in [9.17, 15) is 4.39 Å². The van der Waals surface area contributed by atoms with Crippen LogP contribution in [0.5, 0.6) is 5.75 Å². The van der Waals surface area contributed by atoms with Crippen LogP contribution in [0.25, 0.3) is 0 Å². The molecule has 108 valence electrons. The minimum Gasteiger partial charge on any atom is -0.496 e. The molecule has 0 aliphatic heterocycles. The van der Waals surface area contributed by atoms with Crippen LogP contribution in [0.1, 0.15) is 41.5 Å². The van der Waals surface area contributed by atoms with Crippen molar-refractivity contribution in [3.05, 3.63) is 51.5 Å². The Hall–Kier alpha value is -1.06. The van der Waals surface area contributed by atoms with Gasteiger partial charge in [0.25, 0.3) is 0 Å². The van der Waals surface area contributed by atoms with Crippen molar-refractivity contribution < 1.29 is 9.13 Å². The molecule has 0 spiro atoms.